The summed E-state index contributed by atoms with van der Waals surface area (Å²) in [4.78, 5) is 31.9. The lowest BCUT2D eigenvalue weighted by Gasteiger charge is -2.34. The molecule has 1 unspecified atom stereocenters. The molecule has 182 valence electrons. The summed E-state index contributed by atoms with van der Waals surface area (Å²) in [6, 6.07) is 0.0580. The summed E-state index contributed by atoms with van der Waals surface area (Å²) < 4.78 is 40.8. The van der Waals surface area contributed by atoms with Gasteiger partial charge in [0.05, 0.1) is 6.54 Å². The van der Waals surface area contributed by atoms with Crippen LogP contribution in [0.4, 0.5) is 19.0 Å². The minimum absolute atomic E-state index is 0.0580. The molecule has 0 aromatic carbocycles. The number of aromatic nitrogens is 4. The number of aliphatic imine (C=N–C) groups is 1. The highest BCUT2D eigenvalue weighted by Crippen LogP contribution is 2.35. The third-order valence-electron chi connectivity index (χ3n) is 7.01. The summed E-state index contributed by atoms with van der Waals surface area (Å²) in [6.45, 7) is 5.94. The highest BCUT2D eigenvalue weighted by molar-refractivity contribution is 5.95. The van der Waals surface area contributed by atoms with Crippen LogP contribution < -0.4 is 5.32 Å². The number of nitrogens with zero attached hydrogens (tertiary/aromatic N) is 6. The molecular formula is C23H28F3N7O. The van der Waals surface area contributed by atoms with Gasteiger partial charge in [-0.3, -0.25) is 9.79 Å². The lowest BCUT2D eigenvalue weighted by atomic mass is 9.75. The number of anilines is 1. The zero-order valence-electron chi connectivity index (χ0n) is 19.3. The first-order chi connectivity index (χ1) is 16.2. The van der Waals surface area contributed by atoms with Crippen LogP contribution in [-0.4, -0.2) is 67.9 Å². The fourth-order valence-electron chi connectivity index (χ4n) is 5.12. The highest BCUT2D eigenvalue weighted by Gasteiger charge is 2.38. The average Bonchev–Trinajstić information content (AvgIpc) is 3.41. The summed E-state index contributed by atoms with van der Waals surface area (Å²) in [5.74, 6) is 2.18. The van der Waals surface area contributed by atoms with Gasteiger partial charge in [0.2, 0.25) is 5.91 Å². The third kappa shape index (κ3) is 4.16. The Bertz CT molecular complexity index is 1160. The number of fused-ring (bicyclic) bond motifs is 1. The van der Waals surface area contributed by atoms with Gasteiger partial charge in [-0.15, -0.1) is 0 Å². The molecule has 11 heteroatoms. The average molecular weight is 476 g/mol. The second-order valence-electron chi connectivity index (χ2n) is 9.46. The van der Waals surface area contributed by atoms with E-state index in [4.69, 9.17) is 4.98 Å². The molecule has 1 saturated heterocycles. The molecule has 2 fully saturated rings. The van der Waals surface area contributed by atoms with Gasteiger partial charge in [-0.25, -0.2) is 15.0 Å². The lowest BCUT2D eigenvalue weighted by Crippen LogP contribution is -2.41. The number of likely N-dealkylation sites (tertiary alicyclic amines) is 1. The van der Waals surface area contributed by atoms with Gasteiger partial charge in [0, 0.05) is 43.6 Å². The topological polar surface area (TPSA) is 88.3 Å². The molecule has 34 heavy (non-hydrogen) atoms. The second kappa shape index (κ2) is 8.66. The lowest BCUT2D eigenvalue weighted by molar-refractivity contribution is -0.138. The zero-order chi connectivity index (χ0) is 24.0. The number of carbonyl (C=O) groups excluding carboxylic acids is 1. The van der Waals surface area contributed by atoms with E-state index in [0.717, 1.165) is 25.8 Å². The molecule has 1 amide bonds. The number of alkyl halides is 3. The summed E-state index contributed by atoms with van der Waals surface area (Å²) in [5, 5.41) is 3.43. The van der Waals surface area contributed by atoms with E-state index in [9.17, 15) is 18.0 Å². The van der Waals surface area contributed by atoms with Crippen molar-refractivity contribution in [2.75, 3.05) is 25.0 Å². The van der Waals surface area contributed by atoms with Crippen molar-refractivity contribution in [1.82, 2.24) is 24.4 Å². The Balaban J connectivity index is 1.34. The molecule has 0 bridgehead atoms. The zero-order valence-corrected chi connectivity index (χ0v) is 19.3. The van der Waals surface area contributed by atoms with Crippen LogP contribution in [0.15, 0.2) is 17.4 Å². The minimum atomic E-state index is -4.41. The van der Waals surface area contributed by atoms with Gasteiger partial charge in [-0.05, 0) is 32.1 Å². The summed E-state index contributed by atoms with van der Waals surface area (Å²) >= 11 is 0. The largest absolute Gasteiger partial charge is 0.429 e. The van der Waals surface area contributed by atoms with E-state index < -0.39 is 11.9 Å². The Morgan fingerprint density at radius 2 is 2.06 bits per heavy atom. The maximum Gasteiger partial charge on any atom is 0.429 e. The Labute approximate surface area is 195 Å². The minimum Gasteiger partial charge on any atom is -0.364 e. The van der Waals surface area contributed by atoms with Crippen molar-refractivity contribution >= 4 is 34.2 Å². The maximum absolute atomic E-state index is 13.0. The molecule has 5 rings (SSSR count). The highest BCUT2D eigenvalue weighted by atomic mass is 19.4. The second-order valence-corrected chi connectivity index (χ2v) is 9.46. The van der Waals surface area contributed by atoms with Crippen molar-refractivity contribution in [3.8, 4) is 0 Å². The van der Waals surface area contributed by atoms with Gasteiger partial charge >= 0.3 is 6.18 Å². The van der Waals surface area contributed by atoms with E-state index in [1.807, 2.05) is 16.4 Å². The number of hydrogen-bond acceptors (Lipinski definition) is 6. The molecule has 2 aliphatic heterocycles. The fourth-order valence-corrected chi connectivity index (χ4v) is 5.12. The molecule has 1 atom stereocenters. The fraction of sp³-hybridized carbons (Fsp3) is 0.609. The first-order valence-corrected chi connectivity index (χ1v) is 11.8. The molecule has 0 spiro atoms. The first-order valence-electron chi connectivity index (χ1n) is 11.8. The number of dihydropyridines is 1. The van der Waals surface area contributed by atoms with Crippen molar-refractivity contribution in [2.24, 2.45) is 16.8 Å². The number of allylic oxidation sites excluding steroid dienone is 1. The van der Waals surface area contributed by atoms with Crippen LogP contribution in [0, 0.1) is 11.8 Å². The van der Waals surface area contributed by atoms with E-state index >= 15 is 0 Å². The van der Waals surface area contributed by atoms with Crippen molar-refractivity contribution in [2.45, 2.75) is 58.3 Å². The Hall–Kier alpha value is -2.98. The number of hydrogen-bond donors (Lipinski definition) is 1. The SMILES string of the molecule is CCn1c(C2=CCC(C(F)(F)F)=NC2)nc2c(NC3CCN(C(=O)C4CC(C)C4)C3)ncnc21. The van der Waals surface area contributed by atoms with Crippen LogP contribution in [0.3, 0.4) is 0 Å². The van der Waals surface area contributed by atoms with Crippen molar-refractivity contribution in [3.05, 3.63) is 18.2 Å². The van der Waals surface area contributed by atoms with Crippen molar-refractivity contribution in [3.63, 3.8) is 0 Å². The van der Waals surface area contributed by atoms with Gasteiger partial charge in [-0.1, -0.05) is 13.0 Å². The number of imidazole rings is 1. The smallest absolute Gasteiger partial charge is 0.364 e. The number of rotatable bonds is 5. The predicted molar refractivity (Wildman–Crippen MR) is 122 cm³/mol. The van der Waals surface area contributed by atoms with E-state index in [0.29, 0.717) is 47.4 Å². The van der Waals surface area contributed by atoms with E-state index in [1.54, 1.807) is 6.08 Å². The Morgan fingerprint density at radius 1 is 1.26 bits per heavy atom. The van der Waals surface area contributed by atoms with Crippen LogP contribution in [0.2, 0.25) is 0 Å². The maximum atomic E-state index is 13.0. The molecule has 1 saturated carbocycles. The molecular weight excluding hydrogens is 447 g/mol. The first kappa shape index (κ1) is 22.8. The van der Waals surface area contributed by atoms with Crippen molar-refractivity contribution < 1.29 is 18.0 Å². The monoisotopic (exact) mass is 475 g/mol. The summed E-state index contributed by atoms with van der Waals surface area (Å²) in [5.41, 5.74) is 1.07. The number of carbonyl (C=O) groups is 1. The van der Waals surface area contributed by atoms with Crippen LogP contribution in [0.25, 0.3) is 16.7 Å². The molecule has 0 radical (unpaired) electrons. The molecule has 3 aliphatic rings. The number of nitrogens with one attached hydrogen (secondary N) is 1. The number of amides is 1. The molecule has 8 nitrogen and oxygen atoms in total. The Kier molecular flexibility index (Phi) is 5.81. The quantitative estimate of drug-likeness (QED) is 0.713. The van der Waals surface area contributed by atoms with Crippen LogP contribution in [0.5, 0.6) is 0 Å². The molecule has 4 heterocycles. The predicted octanol–water partition coefficient (Wildman–Crippen LogP) is 3.70. The van der Waals surface area contributed by atoms with Crippen molar-refractivity contribution in [1.29, 1.82) is 0 Å². The molecule has 2 aromatic heterocycles. The van der Waals surface area contributed by atoms with Gasteiger partial charge in [-0.2, -0.15) is 13.2 Å². The summed E-state index contributed by atoms with van der Waals surface area (Å²) in [6.07, 6.45) is 1.10. The van der Waals surface area contributed by atoms with Gasteiger partial charge in [0.1, 0.15) is 17.9 Å². The third-order valence-corrected chi connectivity index (χ3v) is 7.01. The number of halogens is 3. The van der Waals surface area contributed by atoms with Gasteiger partial charge < -0.3 is 14.8 Å². The van der Waals surface area contributed by atoms with E-state index in [-0.39, 0.29) is 30.8 Å². The number of aryl methyl sites for hydroxylation is 1. The van der Waals surface area contributed by atoms with Crippen LogP contribution >= 0.6 is 0 Å². The van der Waals surface area contributed by atoms with Crippen LogP contribution in [-0.2, 0) is 11.3 Å². The van der Waals surface area contributed by atoms with Gasteiger partial charge in [0.15, 0.2) is 17.0 Å². The molecule has 1 aliphatic carbocycles. The normalized spacial score (nSPS) is 25.2. The van der Waals surface area contributed by atoms with Gasteiger partial charge in [0.25, 0.3) is 0 Å². The molecule has 2 aromatic rings. The standard InChI is InChI=1S/C23H28F3N7O/c1-3-33-20(14-4-5-17(27-10-14)23(24,25)26)31-18-19(28-12-29-21(18)33)30-16-6-7-32(11-16)22(34)15-8-13(2)9-15/h4,12-13,15-16H,3,5-11H2,1-2H3,(H,28,29,30). The van der Waals surface area contributed by atoms with E-state index in [1.165, 1.54) is 6.33 Å². The Morgan fingerprint density at radius 3 is 2.71 bits per heavy atom. The molecule has 1 N–H and O–H groups in total. The van der Waals surface area contributed by atoms with E-state index in [2.05, 4.69) is 27.2 Å². The summed E-state index contributed by atoms with van der Waals surface area (Å²) in [7, 11) is 0. The van der Waals surface area contributed by atoms with Crippen LogP contribution in [0.1, 0.15) is 45.4 Å².